The van der Waals surface area contributed by atoms with Crippen LogP contribution in [0.5, 0.6) is 0 Å². The normalized spacial score (nSPS) is 30.3. The Morgan fingerprint density at radius 3 is 2.60 bits per heavy atom. The standard InChI is InChI=1S/C15H26N2O3/c1-11-5-3-4-6-13(11)16(2)15(20)17-8-7-12(10-17)9-14(18)19/h11-13H,3-10H2,1-2H3,(H,18,19). The molecule has 0 aromatic heterocycles. The van der Waals surface area contributed by atoms with Crippen LogP contribution in [-0.2, 0) is 4.79 Å². The molecule has 2 rings (SSSR count). The van der Waals surface area contributed by atoms with Gasteiger partial charge in [-0.1, -0.05) is 19.8 Å². The second-order valence-corrected chi connectivity index (χ2v) is 6.42. The van der Waals surface area contributed by atoms with E-state index in [1.165, 1.54) is 19.3 Å². The lowest BCUT2D eigenvalue weighted by molar-refractivity contribution is -0.138. The quantitative estimate of drug-likeness (QED) is 0.864. The molecule has 1 heterocycles. The maximum Gasteiger partial charge on any atom is 0.320 e. The molecular weight excluding hydrogens is 256 g/mol. The van der Waals surface area contributed by atoms with Crippen molar-refractivity contribution < 1.29 is 14.7 Å². The largest absolute Gasteiger partial charge is 0.481 e. The van der Waals surface area contributed by atoms with Crippen LogP contribution in [0.4, 0.5) is 4.79 Å². The van der Waals surface area contributed by atoms with Crippen molar-refractivity contribution in [3.63, 3.8) is 0 Å². The van der Waals surface area contributed by atoms with Crippen LogP contribution in [0.25, 0.3) is 0 Å². The van der Waals surface area contributed by atoms with Crippen molar-refractivity contribution in [2.75, 3.05) is 20.1 Å². The Morgan fingerprint density at radius 2 is 1.95 bits per heavy atom. The first-order valence-corrected chi connectivity index (χ1v) is 7.72. The summed E-state index contributed by atoms with van der Waals surface area (Å²) < 4.78 is 0. The molecule has 0 aromatic carbocycles. The SMILES string of the molecule is CC1CCCCC1N(C)C(=O)N1CCC(CC(=O)O)C1. The highest BCUT2D eigenvalue weighted by molar-refractivity contribution is 5.75. The molecule has 1 saturated carbocycles. The topological polar surface area (TPSA) is 60.9 Å². The summed E-state index contributed by atoms with van der Waals surface area (Å²) in [6, 6.07) is 0.423. The van der Waals surface area contributed by atoms with Gasteiger partial charge in [0.05, 0.1) is 0 Å². The lowest BCUT2D eigenvalue weighted by Crippen LogP contribution is -2.48. The third-order valence-corrected chi connectivity index (χ3v) is 4.89. The van der Waals surface area contributed by atoms with E-state index in [1.54, 1.807) is 0 Å². The Morgan fingerprint density at radius 1 is 1.25 bits per heavy atom. The highest BCUT2D eigenvalue weighted by Crippen LogP contribution is 2.29. The van der Waals surface area contributed by atoms with Crippen LogP contribution in [0.2, 0.25) is 0 Å². The molecule has 2 fully saturated rings. The van der Waals surface area contributed by atoms with Crippen molar-refractivity contribution in [3.8, 4) is 0 Å². The van der Waals surface area contributed by atoms with Crippen molar-refractivity contribution >= 4 is 12.0 Å². The number of hydrogen-bond acceptors (Lipinski definition) is 2. The molecule has 0 spiro atoms. The number of carbonyl (C=O) groups is 2. The molecule has 1 saturated heterocycles. The summed E-state index contributed by atoms with van der Waals surface area (Å²) >= 11 is 0. The number of nitrogens with zero attached hydrogens (tertiary/aromatic N) is 2. The third-order valence-electron chi connectivity index (χ3n) is 4.89. The fraction of sp³-hybridized carbons (Fsp3) is 0.867. The third kappa shape index (κ3) is 3.44. The van der Waals surface area contributed by atoms with E-state index >= 15 is 0 Å². The second-order valence-electron chi connectivity index (χ2n) is 6.42. The van der Waals surface area contributed by atoms with Gasteiger partial charge in [-0.25, -0.2) is 4.79 Å². The van der Waals surface area contributed by atoms with E-state index in [2.05, 4.69) is 6.92 Å². The summed E-state index contributed by atoms with van der Waals surface area (Å²) in [5.41, 5.74) is 0. The minimum atomic E-state index is -0.765. The first-order chi connectivity index (χ1) is 9.49. The van der Waals surface area contributed by atoms with Crippen LogP contribution >= 0.6 is 0 Å². The molecule has 20 heavy (non-hydrogen) atoms. The zero-order valence-electron chi connectivity index (χ0n) is 12.5. The molecular formula is C15H26N2O3. The van der Waals surface area contributed by atoms with E-state index in [4.69, 9.17) is 5.11 Å². The Kier molecular flexibility index (Phi) is 4.89. The number of aliphatic carboxylic acids is 1. The first-order valence-electron chi connectivity index (χ1n) is 7.72. The zero-order valence-corrected chi connectivity index (χ0v) is 12.5. The Hall–Kier alpha value is -1.26. The van der Waals surface area contributed by atoms with E-state index in [0.717, 1.165) is 12.8 Å². The fourth-order valence-electron chi connectivity index (χ4n) is 3.66. The van der Waals surface area contributed by atoms with E-state index in [-0.39, 0.29) is 18.4 Å². The van der Waals surface area contributed by atoms with Crippen molar-refractivity contribution in [3.05, 3.63) is 0 Å². The molecule has 5 heteroatoms. The van der Waals surface area contributed by atoms with Gasteiger partial charge in [-0.3, -0.25) is 4.79 Å². The molecule has 1 aliphatic carbocycles. The van der Waals surface area contributed by atoms with E-state index in [1.807, 2.05) is 16.8 Å². The number of rotatable bonds is 3. The number of likely N-dealkylation sites (tertiary alicyclic amines) is 1. The lowest BCUT2D eigenvalue weighted by atomic mass is 9.85. The lowest BCUT2D eigenvalue weighted by Gasteiger charge is -2.38. The fourth-order valence-corrected chi connectivity index (χ4v) is 3.66. The Balaban J connectivity index is 1.89. The van der Waals surface area contributed by atoms with Gasteiger partial charge in [0, 0.05) is 32.6 Å². The van der Waals surface area contributed by atoms with Crippen molar-refractivity contribution in [2.45, 2.75) is 51.5 Å². The highest BCUT2D eigenvalue weighted by atomic mass is 16.4. The van der Waals surface area contributed by atoms with Gasteiger partial charge < -0.3 is 14.9 Å². The van der Waals surface area contributed by atoms with Crippen LogP contribution in [0.1, 0.15) is 45.4 Å². The van der Waals surface area contributed by atoms with E-state index in [0.29, 0.717) is 25.0 Å². The summed E-state index contributed by atoms with van der Waals surface area (Å²) in [5, 5.41) is 8.83. The van der Waals surface area contributed by atoms with Crippen molar-refractivity contribution in [1.82, 2.24) is 9.80 Å². The summed E-state index contributed by atoms with van der Waals surface area (Å²) in [5.74, 6) is -0.0812. The van der Waals surface area contributed by atoms with Crippen LogP contribution in [0, 0.1) is 11.8 Å². The Bertz CT molecular complexity index is 372. The maximum absolute atomic E-state index is 12.5. The molecule has 2 amide bonds. The molecule has 1 N–H and O–H groups in total. The number of carboxylic acid groups (broad SMARTS) is 1. The van der Waals surface area contributed by atoms with Crippen molar-refractivity contribution in [2.24, 2.45) is 11.8 Å². The molecule has 114 valence electrons. The summed E-state index contributed by atoms with van der Waals surface area (Å²) in [4.78, 5) is 27.0. The van der Waals surface area contributed by atoms with Crippen LogP contribution in [-0.4, -0.2) is 53.1 Å². The van der Waals surface area contributed by atoms with E-state index in [9.17, 15) is 9.59 Å². The minimum Gasteiger partial charge on any atom is -0.481 e. The number of hydrogen-bond donors (Lipinski definition) is 1. The Labute approximate surface area is 120 Å². The molecule has 5 nitrogen and oxygen atoms in total. The van der Waals surface area contributed by atoms with Crippen LogP contribution in [0.3, 0.4) is 0 Å². The van der Waals surface area contributed by atoms with Gasteiger partial charge in [0.1, 0.15) is 0 Å². The average molecular weight is 282 g/mol. The number of amides is 2. The maximum atomic E-state index is 12.5. The van der Waals surface area contributed by atoms with Gasteiger partial charge in [0.15, 0.2) is 0 Å². The average Bonchev–Trinajstić information content (AvgIpc) is 2.85. The predicted octanol–water partition coefficient (Wildman–Crippen LogP) is 2.41. The van der Waals surface area contributed by atoms with Gasteiger partial charge >= 0.3 is 12.0 Å². The first kappa shape index (κ1) is 15.1. The molecule has 2 aliphatic rings. The summed E-state index contributed by atoms with van der Waals surface area (Å²) in [7, 11) is 1.90. The van der Waals surface area contributed by atoms with Gasteiger partial charge in [0.25, 0.3) is 0 Å². The van der Waals surface area contributed by atoms with E-state index < -0.39 is 5.97 Å². The van der Waals surface area contributed by atoms with Gasteiger partial charge in [-0.05, 0) is 31.1 Å². The summed E-state index contributed by atoms with van der Waals surface area (Å²) in [6.45, 7) is 3.52. The predicted molar refractivity (Wildman–Crippen MR) is 76.5 cm³/mol. The number of carboxylic acids is 1. The number of urea groups is 1. The monoisotopic (exact) mass is 282 g/mol. The molecule has 0 radical (unpaired) electrons. The molecule has 1 aliphatic heterocycles. The highest BCUT2D eigenvalue weighted by Gasteiger charge is 2.33. The van der Waals surface area contributed by atoms with Crippen LogP contribution < -0.4 is 0 Å². The molecule has 0 aromatic rings. The van der Waals surface area contributed by atoms with Gasteiger partial charge in [0.2, 0.25) is 0 Å². The second kappa shape index (κ2) is 6.46. The smallest absolute Gasteiger partial charge is 0.320 e. The molecule has 0 bridgehead atoms. The van der Waals surface area contributed by atoms with Gasteiger partial charge in [-0.15, -0.1) is 0 Å². The van der Waals surface area contributed by atoms with Gasteiger partial charge in [-0.2, -0.15) is 0 Å². The minimum absolute atomic E-state index is 0.0802. The molecule has 3 unspecified atom stereocenters. The number of carbonyl (C=O) groups excluding carboxylic acids is 1. The van der Waals surface area contributed by atoms with Crippen LogP contribution in [0.15, 0.2) is 0 Å². The van der Waals surface area contributed by atoms with Crippen molar-refractivity contribution in [1.29, 1.82) is 0 Å². The summed E-state index contributed by atoms with van der Waals surface area (Å²) in [6.07, 6.45) is 5.75. The zero-order chi connectivity index (χ0) is 14.7. The molecule has 3 atom stereocenters.